The lowest BCUT2D eigenvalue weighted by molar-refractivity contribution is -0.120. The fourth-order valence-electron chi connectivity index (χ4n) is 2.70. The molecule has 0 radical (unpaired) electrons. The minimum atomic E-state index is -0.243. The Kier molecular flexibility index (Phi) is 5.99. The summed E-state index contributed by atoms with van der Waals surface area (Å²) in [6.45, 7) is 2.31. The van der Waals surface area contributed by atoms with E-state index in [0.29, 0.717) is 18.5 Å². The van der Waals surface area contributed by atoms with Crippen LogP contribution in [0.4, 0.5) is 0 Å². The van der Waals surface area contributed by atoms with E-state index in [1.807, 2.05) is 55.6 Å². The van der Waals surface area contributed by atoms with Crippen LogP contribution in [0.15, 0.2) is 67.0 Å². The van der Waals surface area contributed by atoms with Gasteiger partial charge in [0.1, 0.15) is 0 Å². The monoisotopic (exact) mass is 362 g/mol. The first-order valence-electron chi connectivity index (χ1n) is 8.83. The zero-order chi connectivity index (χ0) is 19.1. The molecule has 3 aromatic rings. The van der Waals surface area contributed by atoms with Crippen molar-refractivity contribution in [2.45, 2.75) is 13.3 Å². The van der Waals surface area contributed by atoms with Crippen molar-refractivity contribution in [3.05, 3.63) is 83.7 Å². The number of para-hydroxylation sites is 1. The topological polar surface area (TPSA) is 76.0 Å². The average Bonchev–Trinajstić information content (AvgIpc) is 3.16. The van der Waals surface area contributed by atoms with E-state index in [9.17, 15) is 9.59 Å². The molecule has 2 aromatic carbocycles. The highest BCUT2D eigenvalue weighted by Gasteiger charge is 2.10. The summed E-state index contributed by atoms with van der Waals surface area (Å²) in [7, 11) is 0. The first-order chi connectivity index (χ1) is 13.1. The number of carbonyl (C=O) groups is 2. The van der Waals surface area contributed by atoms with Gasteiger partial charge in [-0.25, -0.2) is 4.68 Å². The number of nitrogens with one attached hydrogen (secondary N) is 2. The van der Waals surface area contributed by atoms with Crippen molar-refractivity contribution in [3.63, 3.8) is 0 Å². The molecule has 1 heterocycles. The summed E-state index contributed by atoms with van der Waals surface area (Å²) >= 11 is 0. The standard InChI is InChI=1S/C21H22N4O2/c1-16-7-5-6-10-19(16)21(27)23-14-20(26)22-12-11-17-13-24-25(15-17)18-8-3-2-4-9-18/h2-10,13,15H,11-12,14H2,1H3,(H,22,26)(H,23,27). The molecular weight excluding hydrogens is 340 g/mol. The predicted molar refractivity (Wildman–Crippen MR) is 104 cm³/mol. The molecule has 0 unspecified atom stereocenters. The number of amides is 2. The third kappa shape index (κ3) is 5.04. The van der Waals surface area contributed by atoms with E-state index in [2.05, 4.69) is 15.7 Å². The second-order valence-corrected chi connectivity index (χ2v) is 6.23. The Morgan fingerprint density at radius 1 is 1.00 bits per heavy atom. The molecule has 2 N–H and O–H groups in total. The SMILES string of the molecule is Cc1ccccc1C(=O)NCC(=O)NCCc1cnn(-c2ccccc2)c1. The maximum Gasteiger partial charge on any atom is 0.251 e. The van der Waals surface area contributed by atoms with Crippen molar-refractivity contribution in [1.82, 2.24) is 20.4 Å². The molecule has 0 atom stereocenters. The van der Waals surface area contributed by atoms with Gasteiger partial charge < -0.3 is 10.6 Å². The lowest BCUT2D eigenvalue weighted by Gasteiger charge is -2.08. The van der Waals surface area contributed by atoms with Gasteiger partial charge in [0.2, 0.25) is 5.91 Å². The highest BCUT2D eigenvalue weighted by molar-refractivity contribution is 5.97. The Morgan fingerprint density at radius 3 is 2.52 bits per heavy atom. The Labute approximate surface area is 158 Å². The molecule has 0 bridgehead atoms. The van der Waals surface area contributed by atoms with Crippen molar-refractivity contribution >= 4 is 11.8 Å². The maximum absolute atomic E-state index is 12.1. The van der Waals surface area contributed by atoms with E-state index in [4.69, 9.17) is 0 Å². The molecule has 0 aliphatic carbocycles. The van der Waals surface area contributed by atoms with Gasteiger partial charge in [-0.05, 0) is 42.7 Å². The second-order valence-electron chi connectivity index (χ2n) is 6.23. The molecule has 0 aliphatic heterocycles. The van der Waals surface area contributed by atoms with Gasteiger partial charge in [-0.3, -0.25) is 9.59 Å². The summed E-state index contributed by atoms with van der Waals surface area (Å²) in [6.07, 6.45) is 4.41. The number of rotatable bonds is 7. The number of benzene rings is 2. The molecule has 0 aliphatic rings. The van der Waals surface area contributed by atoms with Gasteiger partial charge in [-0.2, -0.15) is 5.10 Å². The van der Waals surface area contributed by atoms with E-state index in [1.54, 1.807) is 23.0 Å². The van der Waals surface area contributed by atoms with Crippen LogP contribution in [0.2, 0.25) is 0 Å². The maximum atomic E-state index is 12.1. The number of aryl methyl sites for hydroxylation is 1. The average molecular weight is 362 g/mol. The molecule has 27 heavy (non-hydrogen) atoms. The number of nitrogens with zero attached hydrogens (tertiary/aromatic N) is 2. The largest absolute Gasteiger partial charge is 0.354 e. The van der Waals surface area contributed by atoms with Gasteiger partial charge in [0, 0.05) is 18.3 Å². The minimum absolute atomic E-state index is 0.0452. The molecule has 0 saturated heterocycles. The summed E-state index contributed by atoms with van der Waals surface area (Å²) in [4.78, 5) is 24.0. The number of hydrogen-bond donors (Lipinski definition) is 2. The molecule has 3 rings (SSSR count). The van der Waals surface area contributed by atoms with Gasteiger partial charge in [-0.15, -0.1) is 0 Å². The van der Waals surface area contributed by atoms with Gasteiger partial charge in [0.15, 0.2) is 0 Å². The van der Waals surface area contributed by atoms with Crippen molar-refractivity contribution in [2.75, 3.05) is 13.1 Å². The molecule has 0 saturated carbocycles. The predicted octanol–water partition coefficient (Wildman–Crippen LogP) is 2.27. The van der Waals surface area contributed by atoms with Gasteiger partial charge in [0.25, 0.3) is 5.91 Å². The van der Waals surface area contributed by atoms with Crippen LogP contribution in [0.1, 0.15) is 21.5 Å². The first-order valence-corrected chi connectivity index (χ1v) is 8.83. The molecule has 6 heteroatoms. The van der Waals surface area contributed by atoms with Crippen molar-refractivity contribution in [3.8, 4) is 5.69 Å². The molecule has 6 nitrogen and oxygen atoms in total. The summed E-state index contributed by atoms with van der Waals surface area (Å²) < 4.78 is 1.81. The summed E-state index contributed by atoms with van der Waals surface area (Å²) in [5.74, 6) is -0.459. The van der Waals surface area contributed by atoms with Crippen LogP contribution in [-0.2, 0) is 11.2 Å². The van der Waals surface area contributed by atoms with E-state index in [0.717, 1.165) is 16.8 Å². The van der Waals surface area contributed by atoms with Crippen LogP contribution in [0.5, 0.6) is 0 Å². The highest BCUT2D eigenvalue weighted by Crippen LogP contribution is 2.08. The third-order valence-corrected chi connectivity index (χ3v) is 4.19. The van der Waals surface area contributed by atoms with E-state index >= 15 is 0 Å². The molecule has 138 valence electrons. The van der Waals surface area contributed by atoms with E-state index < -0.39 is 0 Å². The fraction of sp³-hybridized carbons (Fsp3) is 0.190. The lowest BCUT2D eigenvalue weighted by atomic mass is 10.1. The lowest BCUT2D eigenvalue weighted by Crippen LogP contribution is -2.37. The fourth-order valence-corrected chi connectivity index (χ4v) is 2.70. The van der Waals surface area contributed by atoms with Crippen LogP contribution in [0.25, 0.3) is 5.69 Å². The Morgan fingerprint density at radius 2 is 1.74 bits per heavy atom. The number of hydrogen-bond acceptors (Lipinski definition) is 3. The Hall–Kier alpha value is -3.41. The van der Waals surface area contributed by atoms with E-state index in [1.165, 1.54) is 0 Å². The minimum Gasteiger partial charge on any atom is -0.354 e. The molecular formula is C21H22N4O2. The van der Waals surface area contributed by atoms with Crippen LogP contribution in [0, 0.1) is 6.92 Å². The molecule has 0 spiro atoms. The highest BCUT2D eigenvalue weighted by atomic mass is 16.2. The van der Waals surface area contributed by atoms with E-state index in [-0.39, 0.29) is 18.4 Å². The van der Waals surface area contributed by atoms with Crippen LogP contribution < -0.4 is 10.6 Å². The zero-order valence-corrected chi connectivity index (χ0v) is 15.2. The molecule has 0 fully saturated rings. The number of carbonyl (C=O) groups excluding carboxylic acids is 2. The summed E-state index contributed by atoms with van der Waals surface area (Å²) in [5.41, 5.74) is 3.49. The molecule has 2 amide bonds. The van der Waals surface area contributed by atoms with Gasteiger partial charge in [-0.1, -0.05) is 36.4 Å². The van der Waals surface area contributed by atoms with Crippen molar-refractivity contribution in [1.29, 1.82) is 0 Å². The Bertz CT molecular complexity index is 919. The van der Waals surface area contributed by atoms with Gasteiger partial charge >= 0.3 is 0 Å². The second kappa shape index (κ2) is 8.80. The quantitative estimate of drug-likeness (QED) is 0.677. The summed E-state index contributed by atoms with van der Waals surface area (Å²) in [6, 6.07) is 17.1. The molecule has 1 aromatic heterocycles. The van der Waals surface area contributed by atoms with Crippen LogP contribution in [0.3, 0.4) is 0 Å². The smallest absolute Gasteiger partial charge is 0.251 e. The number of aromatic nitrogens is 2. The Balaban J connectivity index is 1.42. The van der Waals surface area contributed by atoms with Crippen LogP contribution >= 0.6 is 0 Å². The van der Waals surface area contributed by atoms with Gasteiger partial charge in [0.05, 0.1) is 18.4 Å². The zero-order valence-electron chi connectivity index (χ0n) is 15.2. The van der Waals surface area contributed by atoms with Crippen molar-refractivity contribution < 1.29 is 9.59 Å². The third-order valence-electron chi connectivity index (χ3n) is 4.19. The summed E-state index contributed by atoms with van der Waals surface area (Å²) in [5, 5.41) is 9.79. The first kappa shape index (κ1) is 18.4. The van der Waals surface area contributed by atoms with Crippen LogP contribution in [-0.4, -0.2) is 34.7 Å². The van der Waals surface area contributed by atoms with Crippen molar-refractivity contribution in [2.24, 2.45) is 0 Å². The normalized spacial score (nSPS) is 10.4.